The number of nitrogens with one attached hydrogen (secondary N) is 1. The maximum Gasteiger partial charge on any atom is 0.232 e. The molecule has 6 nitrogen and oxygen atoms in total. The smallest absolute Gasteiger partial charge is 0.232 e. The fourth-order valence-electron chi connectivity index (χ4n) is 2.03. The first-order chi connectivity index (χ1) is 10.7. The Morgan fingerprint density at radius 2 is 1.96 bits per heavy atom. The van der Waals surface area contributed by atoms with Crippen molar-refractivity contribution in [1.29, 1.82) is 0 Å². The van der Waals surface area contributed by atoms with E-state index in [0.29, 0.717) is 6.54 Å². The van der Waals surface area contributed by atoms with Crippen molar-refractivity contribution in [2.75, 3.05) is 44.3 Å². The minimum atomic E-state index is -3.59. The van der Waals surface area contributed by atoms with Gasteiger partial charge in [-0.1, -0.05) is 6.07 Å². The Kier molecular flexibility index (Phi) is 7.44. The normalized spacial score (nSPS) is 11.5. The van der Waals surface area contributed by atoms with Gasteiger partial charge in [0.15, 0.2) is 0 Å². The first kappa shape index (κ1) is 19.4. The number of benzene rings is 1. The molecule has 0 unspecified atom stereocenters. The lowest BCUT2D eigenvalue weighted by Gasteiger charge is -2.22. The monoisotopic (exact) mass is 345 g/mol. The molecule has 1 N–H and O–H groups in total. The van der Waals surface area contributed by atoms with Crippen LogP contribution in [0.4, 0.5) is 10.1 Å². The van der Waals surface area contributed by atoms with Gasteiger partial charge in [-0.15, -0.1) is 0 Å². The first-order valence-corrected chi connectivity index (χ1v) is 9.19. The van der Waals surface area contributed by atoms with Crippen molar-refractivity contribution in [3.05, 3.63) is 30.1 Å². The maximum absolute atomic E-state index is 13.3. The number of sulfonamides is 1. The number of carbonyl (C=O) groups excluding carboxylic acids is 1. The molecule has 0 heterocycles. The van der Waals surface area contributed by atoms with Crippen LogP contribution in [0.2, 0.25) is 0 Å². The van der Waals surface area contributed by atoms with E-state index in [1.165, 1.54) is 18.2 Å². The van der Waals surface area contributed by atoms with Crippen molar-refractivity contribution in [3.8, 4) is 0 Å². The minimum absolute atomic E-state index is 0.0194. The predicted molar refractivity (Wildman–Crippen MR) is 89.4 cm³/mol. The third kappa shape index (κ3) is 7.43. The van der Waals surface area contributed by atoms with Gasteiger partial charge in [-0.3, -0.25) is 9.10 Å². The van der Waals surface area contributed by atoms with E-state index in [1.807, 2.05) is 19.0 Å². The van der Waals surface area contributed by atoms with Gasteiger partial charge < -0.3 is 10.2 Å². The van der Waals surface area contributed by atoms with Crippen LogP contribution in [0.3, 0.4) is 0 Å². The molecule has 0 aromatic heterocycles. The minimum Gasteiger partial charge on any atom is -0.356 e. The molecule has 0 spiro atoms. The average Bonchev–Trinajstić information content (AvgIpc) is 2.42. The number of rotatable bonds is 9. The number of nitrogens with zero attached hydrogens (tertiary/aromatic N) is 2. The molecule has 1 aromatic carbocycles. The molecular formula is C15H24FN3O3S. The third-order valence-corrected chi connectivity index (χ3v) is 4.34. The highest BCUT2D eigenvalue weighted by Gasteiger charge is 2.18. The quantitative estimate of drug-likeness (QED) is 0.679. The molecule has 130 valence electrons. The van der Waals surface area contributed by atoms with Crippen molar-refractivity contribution in [3.63, 3.8) is 0 Å². The Morgan fingerprint density at radius 1 is 1.26 bits per heavy atom. The molecule has 8 heteroatoms. The zero-order valence-corrected chi connectivity index (χ0v) is 14.6. The van der Waals surface area contributed by atoms with Crippen LogP contribution in [0.5, 0.6) is 0 Å². The van der Waals surface area contributed by atoms with Crippen LogP contribution in [0.1, 0.15) is 12.8 Å². The van der Waals surface area contributed by atoms with Crippen molar-refractivity contribution in [2.45, 2.75) is 12.8 Å². The predicted octanol–water partition coefficient (Wildman–Crippen LogP) is 1.05. The Bertz CT molecular complexity index is 620. The van der Waals surface area contributed by atoms with Gasteiger partial charge in [0.05, 0.1) is 11.9 Å². The molecule has 0 radical (unpaired) electrons. The maximum atomic E-state index is 13.3. The van der Waals surface area contributed by atoms with Gasteiger partial charge in [0.2, 0.25) is 15.9 Å². The standard InChI is InChI=1S/C15H24FN3O3S/c1-18(2)10-5-9-17-15(20)8-11-19(23(3,21)22)14-7-4-6-13(16)12-14/h4,6-7,12H,5,8-11H2,1-3H3,(H,17,20). The van der Waals surface area contributed by atoms with Crippen LogP contribution >= 0.6 is 0 Å². The van der Waals surface area contributed by atoms with E-state index < -0.39 is 15.8 Å². The zero-order valence-electron chi connectivity index (χ0n) is 13.8. The summed E-state index contributed by atoms with van der Waals surface area (Å²) in [5, 5.41) is 2.75. The van der Waals surface area contributed by atoms with Gasteiger partial charge in [-0.25, -0.2) is 12.8 Å². The summed E-state index contributed by atoms with van der Waals surface area (Å²) in [4.78, 5) is 13.8. The summed E-state index contributed by atoms with van der Waals surface area (Å²) in [5.74, 6) is -0.752. The van der Waals surface area contributed by atoms with E-state index >= 15 is 0 Å². The van der Waals surface area contributed by atoms with Crippen molar-refractivity contribution in [2.24, 2.45) is 0 Å². The second-order valence-electron chi connectivity index (χ2n) is 5.57. The number of amides is 1. The van der Waals surface area contributed by atoms with Gasteiger partial charge in [0.1, 0.15) is 5.82 Å². The SMILES string of the molecule is CN(C)CCCNC(=O)CCN(c1cccc(F)c1)S(C)(=O)=O. The van der Waals surface area contributed by atoms with Gasteiger partial charge in [0.25, 0.3) is 0 Å². The second-order valence-corrected chi connectivity index (χ2v) is 7.48. The van der Waals surface area contributed by atoms with Gasteiger partial charge in [-0.2, -0.15) is 0 Å². The van der Waals surface area contributed by atoms with E-state index in [0.717, 1.165) is 29.6 Å². The summed E-state index contributed by atoms with van der Waals surface area (Å²) < 4.78 is 38.0. The van der Waals surface area contributed by atoms with Crippen LogP contribution < -0.4 is 9.62 Å². The number of halogens is 1. The van der Waals surface area contributed by atoms with Crippen LogP contribution in [0, 0.1) is 5.82 Å². The van der Waals surface area contributed by atoms with Crippen molar-refractivity contribution >= 4 is 21.6 Å². The average molecular weight is 345 g/mol. The van der Waals surface area contributed by atoms with Crippen molar-refractivity contribution < 1.29 is 17.6 Å². The Balaban J connectivity index is 2.58. The lowest BCUT2D eigenvalue weighted by Crippen LogP contribution is -2.35. The molecular weight excluding hydrogens is 321 g/mol. The molecule has 0 atom stereocenters. The molecule has 0 aliphatic carbocycles. The number of carbonyl (C=O) groups is 1. The number of hydrogen-bond donors (Lipinski definition) is 1. The fraction of sp³-hybridized carbons (Fsp3) is 0.533. The third-order valence-electron chi connectivity index (χ3n) is 3.14. The highest BCUT2D eigenvalue weighted by Crippen LogP contribution is 2.18. The van der Waals surface area contributed by atoms with Crippen molar-refractivity contribution in [1.82, 2.24) is 10.2 Å². The van der Waals surface area contributed by atoms with E-state index in [-0.39, 0.29) is 24.6 Å². The largest absolute Gasteiger partial charge is 0.356 e. The van der Waals surface area contributed by atoms with E-state index in [9.17, 15) is 17.6 Å². The molecule has 0 aliphatic heterocycles. The van der Waals surface area contributed by atoms with Crippen LogP contribution in [-0.4, -0.2) is 59.2 Å². The van der Waals surface area contributed by atoms with Crippen LogP contribution in [0.15, 0.2) is 24.3 Å². The number of hydrogen-bond acceptors (Lipinski definition) is 4. The van der Waals surface area contributed by atoms with Gasteiger partial charge >= 0.3 is 0 Å². The van der Waals surface area contributed by atoms with Gasteiger partial charge in [0, 0.05) is 19.5 Å². The molecule has 1 rings (SSSR count). The van der Waals surface area contributed by atoms with Crippen LogP contribution in [-0.2, 0) is 14.8 Å². The molecule has 0 fully saturated rings. The summed E-state index contributed by atoms with van der Waals surface area (Å²) in [6.45, 7) is 1.37. The Labute approximate surface area is 137 Å². The van der Waals surface area contributed by atoms with E-state index in [4.69, 9.17) is 0 Å². The molecule has 0 bridgehead atoms. The highest BCUT2D eigenvalue weighted by molar-refractivity contribution is 7.92. The summed E-state index contributed by atoms with van der Waals surface area (Å²) >= 11 is 0. The van der Waals surface area contributed by atoms with E-state index in [1.54, 1.807) is 0 Å². The Morgan fingerprint density at radius 3 is 2.52 bits per heavy atom. The summed E-state index contributed by atoms with van der Waals surface area (Å²) in [5.41, 5.74) is 0.216. The van der Waals surface area contributed by atoms with Crippen LogP contribution in [0.25, 0.3) is 0 Å². The number of anilines is 1. The Hall–Kier alpha value is -1.67. The summed E-state index contributed by atoms with van der Waals surface area (Å²) in [6, 6.07) is 5.31. The molecule has 1 amide bonds. The molecule has 1 aromatic rings. The lowest BCUT2D eigenvalue weighted by molar-refractivity contribution is -0.120. The summed E-state index contributed by atoms with van der Waals surface area (Å²) in [6.07, 6.45) is 1.87. The summed E-state index contributed by atoms with van der Waals surface area (Å²) in [7, 11) is 0.312. The highest BCUT2D eigenvalue weighted by atomic mass is 32.2. The lowest BCUT2D eigenvalue weighted by atomic mass is 10.3. The molecule has 0 aliphatic rings. The molecule has 0 saturated heterocycles. The second kappa shape index (κ2) is 8.83. The fourth-order valence-corrected chi connectivity index (χ4v) is 2.95. The molecule has 0 saturated carbocycles. The first-order valence-electron chi connectivity index (χ1n) is 7.35. The zero-order chi connectivity index (χ0) is 17.5. The van der Waals surface area contributed by atoms with E-state index in [2.05, 4.69) is 5.32 Å². The molecule has 23 heavy (non-hydrogen) atoms. The van der Waals surface area contributed by atoms with Gasteiger partial charge in [-0.05, 0) is 45.3 Å². The topological polar surface area (TPSA) is 69.7 Å².